The molecule has 1 unspecified atom stereocenters. The third kappa shape index (κ3) is 3.91. The molecule has 1 atom stereocenters. The molecule has 1 aromatic rings. The number of anilines is 1. The summed E-state index contributed by atoms with van der Waals surface area (Å²) in [6.45, 7) is 1.38. The van der Waals surface area contributed by atoms with Crippen molar-refractivity contribution in [2.45, 2.75) is 18.9 Å². The van der Waals surface area contributed by atoms with E-state index < -0.39 is 5.97 Å². The maximum atomic E-state index is 12.2. The molecule has 0 saturated carbocycles. The average Bonchev–Trinajstić information content (AvgIpc) is 2.47. The number of hydrogen-bond acceptors (Lipinski definition) is 4. The Morgan fingerprint density at radius 1 is 1.43 bits per heavy atom. The first-order valence-corrected chi connectivity index (χ1v) is 6.88. The highest BCUT2D eigenvalue weighted by atomic mass is 16.4. The summed E-state index contributed by atoms with van der Waals surface area (Å²) < 4.78 is 0. The van der Waals surface area contributed by atoms with E-state index in [0.29, 0.717) is 24.8 Å². The highest BCUT2D eigenvalue weighted by Gasteiger charge is 2.24. The van der Waals surface area contributed by atoms with Crippen molar-refractivity contribution in [2.75, 3.05) is 32.5 Å². The molecule has 114 valence electrons. The summed E-state index contributed by atoms with van der Waals surface area (Å²) in [4.78, 5) is 30.8. The molecule has 1 aliphatic rings. The van der Waals surface area contributed by atoms with Gasteiger partial charge in [0.05, 0.1) is 17.4 Å². The zero-order valence-electron chi connectivity index (χ0n) is 12.2. The Hall–Kier alpha value is -2.15. The number of urea groups is 1. The van der Waals surface area contributed by atoms with Crippen molar-refractivity contribution in [1.29, 1.82) is 0 Å². The lowest BCUT2D eigenvalue weighted by molar-refractivity contribution is 0.0696. The molecule has 2 rings (SSSR count). The molecule has 1 aliphatic heterocycles. The summed E-state index contributed by atoms with van der Waals surface area (Å²) in [5, 5.41) is 11.6. The number of carboxylic acids is 1. The van der Waals surface area contributed by atoms with Gasteiger partial charge in [-0.15, -0.1) is 0 Å². The van der Waals surface area contributed by atoms with Crippen LogP contribution in [0.4, 0.5) is 10.5 Å². The number of likely N-dealkylation sites (tertiary alicyclic amines) is 1. The predicted molar refractivity (Wildman–Crippen MR) is 78.5 cm³/mol. The highest BCUT2D eigenvalue weighted by Crippen LogP contribution is 2.16. The van der Waals surface area contributed by atoms with Crippen molar-refractivity contribution >= 4 is 17.7 Å². The minimum atomic E-state index is -1.07. The molecule has 1 aromatic heterocycles. The molecule has 1 fully saturated rings. The minimum absolute atomic E-state index is 0.0533. The molecule has 21 heavy (non-hydrogen) atoms. The molecule has 0 spiro atoms. The number of nitrogens with one attached hydrogen (secondary N) is 1. The fourth-order valence-corrected chi connectivity index (χ4v) is 2.39. The lowest BCUT2D eigenvalue weighted by atomic mass is 10.1. The van der Waals surface area contributed by atoms with E-state index in [9.17, 15) is 9.59 Å². The van der Waals surface area contributed by atoms with Crippen LogP contribution in [0.2, 0.25) is 0 Å². The lowest BCUT2D eigenvalue weighted by Gasteiger charge is -2.36. The predicted octanol–water partition coefficient (Wildman–Crippen LogP) is 1.34. The quantitative estimate of drug-likeness (QED) is 0.878. The molecule has 0 radical (unpaired) electrons. The summed E-state index contributed by atoms with van der Waals surface area (Å²) in [5.74, 6) is -1.07. The summed E-state index contributed by atoms with van der Waals surface area (Å²) >= 11 is 0. The zero-order chi connectivity index (χ0) is 15.4. The van der Waals surface area contributed by atoms with Gasteiger partial charge in [0.2, 0.25) is 0 Å². The topological polar surface area (TPSA) is 85.8 Å². The molecule has 7 heteroatoms. The number of likely N-dealkylation sites (N-methyl/N-ethyl adjacent to an activating group) is 1. The van der Waals surface area contributed by atoms with Gasteiger partial charge < -0.3 is 20.2 Å². The first kappa shape index (κ1) is 15.2. The number of hydrogen-bond donors (Lipinski definition) is 2. The van der Waals surface area contributed by atoms with E-state index in [4.69, 9.17) is 5.11 Å². The molecule has 2 amide bonds. The second-order valence-electron chi connectivity index (χ2n) is 5.40. The van der Waals surface area contributed by atoms with Gasteiger partial charge >= 0.3 is 12.0 Å². The Bertz CT molecular complexity index is 533. The Morgan fingerprint density at radius 3 is 2.86 bits per heavy atom. The molecular formula is C14H20N4O3. The van der Waals surface area contributed by atoms with Gasteiger partial charge in [-0.2, -0.15) is 0 Å². The Morgan fingerprint density at radius 2 is 2.19 bits per heavy atom. The van der Waals surface area contributed by atoms with Gasteiger partial charge in [0.15, 0.2) is 0 Å². The second-order valence-corrected chi connectivity index (χ2v) is 5.40. The van der Waals surface area contributed by atoms with Gasteiger partial charge in [0, 0.05) is 25.3 Å². The van der Waals surface area contributed by atoms with Crippen LogP contribution in [0.1, 0.15) is 23.2 Å². The number of carbonyl (C=O) groups is 2. The fourth-order valence-electron chi connectivity index (χ4n) is 2.39. The Balaban J connectivity index is 2.01. The number of aromatic nitrogens is 1. The maximum Gasteiger partial charge on any atom is 0.337 e. The van der Waals surface area contributed by atoms with Crippen LogP contribution in [0, 0.1) is 0 Å². The van der Waals surface area contributed by atoms with Gasteiger partial charge in [-0.3, -0.25) is 4.98 Å². The van der Waals surface area contributed by atoms with Crippen LogP contribution in [-0.2, 0) is 0 Å². The van der Waals surface area contributed by atoms with E-state index in [0.717, 1.165) is 12.8 Å². The van der Waals surface area contributed by atoms with Crippen LogP contribution in [0.25, 0.3) is 0 Å². The molecule has 2 heterocycles. The van der Waals surface area contributed by atoms with Gasteiger partial charge in [-0.1, -0.05) is 0 Å². The Labute approximate surface area is 123 Å². The van der Waals surface area contributed by atoms with E-state index in [1.54, 1.807) is 4.90 Å². The van der Waals surface area contributed by atoms with Crippen molar-refractivity contribution in [3.05, 3.63) is 24.0 Å². The van der Waals surface area contributed by atoms with Crippen molar-refractivity contribution in [2.24, 2.45) is 0 Å². The second kappa shape index (κ2) is 6.53. The molecular weight excluding hydrogens is 272 g/mol. The molecule has 2 N–H and O–H groups in total. The van der Waals surface area contributed by atoms with Crippen molar-refractivity contribution < 1.29 is 14.7 Å². The Kier molecular flexibility index (Phi) is 4.74. The van der Waals surface area contributed by atoms with E-state index in [1.165, 1.54) is 18.5 Å². The number of carboxylic acid groups (broad SMARTS) is 1. The van der Waals surface area contributed by atoms with E-state index in [2.05, 4.69) is 15.2 Å². The lowest BCUT2D eigenvalue weighted by Crippen LogP contribution is -2.48. The van der Waals surface area contributed by atoms with Crippen LogP contribution in [0.5, 0.6) is 0 Å². The SMILES string of the molecule is CN(C)C1CCCN(C(=O)Nc2cncc(C(=O)O)c2)C1. The number of nitrogens with zero attached hydrogens (tertiary/aromatic N) is 3. The van der Waals surface area contributed by atoms with Gasteiger partial charge in [0.25, 0.3) is 0 Å². The molecule has 1 saturated heterocycles. The average molecular weight is 292 g/mol. The van der Waals surface area contributed by atoms with Crippen LogP contribution in [-0.4, -0.2) is 65.1 Å². The smallest absolute Gasteiger partial charge is 0.337 e. The van der Waals surface area contributed by atoms with Crippen molar-refractivity contribution in [3.8, 4) is 0 Å². The zero-order valence-corrected chi connectivity index (χ0v) is 12.2. The van der Waals surface area contributed by atoms with Gasteiger partial charge in [-0.25, -0.2) is 9.59 Å². The summed E-state index contributed by atoms with van der Waals surface area (Å²) in [5.41, 5.74) is 0.449. The van der Waals surface area contributed by atoms with Crippen LogP contribution in [0.3, 0.4) is 0 Å². The van der Waals surface area contributed by atoms with Crippen molar-refractivity contribution in [3.63, 3.8) is 0 Å². The molecule has 0 aromatic carbocycles. The van der Waals surface area contributed by atoms with E-state index in [1.807, 2.05) is 14.1 Å². The molecule has 0 bridgehead atoms. The normalized spacial score (nSPS) is 18.6. The van der Waals surface area contributed by atoms with Gasteiger partial charge in [-0.05, 0) is 33.0 Å². The van der Waals surface area contributed by atoms with E-state index >= 15 is 0 Å². The number of aromatic carboxylic acids is 1. The largest absolute Gasteiger partial charge is 0.478 e. The first-order valence-electron chi connectivity index (χ1n) is 6.88. The third-order valence-corrected chi connectivity index (χ3v) is 3.65. The number of pyridine rings is 1. The monoisotopic (exact) mass is 292 g/mol. The van der Waals surface area contributed by atoms with Crippen LogP contribution < -0.4 is 5.32 Å². The van der Waals surface area contributed by atoms with Crippen LogP contribution >= 0.6 is 0 Å². The van der Waals surface area contributed by atoms with Gasteiger partial charge in [0.1, 0.15) is 0 Å². The minimum Gasteiger partial charge on any atom is -0.478 e. The highest BCUT2D eigenvalue weighted by molar-refractivity contribution is 5.92. The number of piperidine rings is 1. The number of rotatable bonds is 3. The summed E-state index contributed by atoms with van der Waals surface area (Å²) in [7, 11) is 4.01. The first-order chi connectivity index (χ1) is 9.97. The third-order valence-electron chi connectivity index (χ3n) is 3.65. The van der Waals surface area contributed by atoms with Crippen molar-refractivity contribution in [1.82, 2.24) is 14.8 Å². The summed E-state index contributed by atoms with van der Waals surface area (Å²) in [6.07, 6.45) is 4.73. The molecule has 0 aliphatic carbocycles. The fraction of sp³-hybridized carbons (Fsp3) is 0.500. The standard InChI is InChI=1S/C14H20N4O3/c1-17(2)12-4-3-5-18(9-12)14(21)16-11-6-10(13(19)20)7-15-8-11/h6-8,12H,3-5,9H2,1-2H3,(H,16,21)(H,19,20). The number of carbonyl (C=O) groups excluding carboxylic acids is 1. The summed E-state index contributed by atoms with van der Waals surface area (Å²) in [6, 6.07) is 1.54. The van der Waals surface area contributed by atoms with Crippen LogP contribution in [0.15, 0.2) is 18.5 Å². The molecule has 7 nitrogen and oxygen atoms in total. The number of amides is 2. The maximum absolute atomic E-state index is 12.2. The van der Waals surface area contributed by atoms with E-state index in [-0.39, 0.29) is 11.6 Å².